The third-order valence-electron chi connectivity index (χ3n) is 3.59. The number of nitrogens with zero attached hydrogens (tertiary/aromatic N) is 2. The molecule has 0 spiro atoms. The van der Waals surface area contributed by atoms with Crippen LogP contribution in [0.3, 0.4) is 0 Å². The van der Waals surface area contributed by atoms with Crippen molar-refractivity contribution in [3.05, 3.63) is 28.8 Å². The van der Waals surface area contributed by atoms with Gasteiger partial charge in [-0.25, -0.2) is 8.42 Å². The summed E-state index contributed by atoms with van der Waals surface area (Å²) in [4.78, 5) is 13.4. The molecule has 1 heterocycles. The van der Waals surface area contributed by atoms with Crippen molar-refractivity contribution in [2.45, 2.75) is 31.0 Å². The summed E-state index contributed by atoms with van der Waals surface area (Å²) in [7, 11) is -0.574. The van der Waals surface area contributed by atoms with E-state index in [1.165, 1.54) is 27.4 Å². The fourth-order valence-electron chi connectivity index (χ4n) is 2.56. The van der Waals surface area contributed by atoms with Gasteiger partial charge in [0, 0.05) is 32.7 Å². The third-order valence-corrected chi connectivity index (χ3v) is 5.90. The van der Waals surface area contributed by atoms with Crippen molar-refractivity contribution in [1.29, 1.82) is 0 Å². The normalized spacial score (nSPS) is 22.8. The Hall–Kier alpha value is -1.15. The lowest BCUT2D eigenvalue weighted by Gasteiger charge is -2.34. The number of carbonyl (C=O) groups excluding carboxylic acids is 1. The van der Waals surface area contributed by atoms with Crippen LogP contribution in [0.15, 0.2) is 23.1 Å². The van der Waals surface area contributed by atoms with Crippen LogP contribution in [0, 0.1) is 0 Å². The lowest BCUT2D eigenvalue weighted by atomic mass is 10.2. The molecule has 1 aromatic rings. The van der Waals surface area contributed by atoms with Crippen molar-refractivity contribution < 1.29 is 17.9 Å². The van der Waals surface area contributed by atoms with E-state index in [1.54, 1.807) is 14.1 Å². The van der Waals surface area contributed by atoms with Gasteiger partial charge < -0.3 is 9.64 Å². The van der Waals surface area contributed by atoms with Crippen LogP contribution >= 0.6 is 11.6 Å². The molecule has 128 valence electrons. The molecule has 1 aromatic carbocycles. The van der Waals surface area contributed by atoms with Crippen molar-refractivity contribution in [2.24, 2.45) is 0 Å². The smallest absolute Gasteiger partial charge is 0.253 e. The number of hydrogen-bond donors (Lipinski definition) is 0. The van der Waals surface area contributed by atoms with Crippen LogP contribution in [0.4, 0.5) is 0 Å². The molecule has 0 aliphatic carbocycles. The topological polar surface area (TPSA) is 66.9 Å². The largest absolute Gasteiger partial charge is 0.373 e. The summed E-state index contributed by atoms with van der Waals surface area (Å²) in [6.07, 6.45) is -0.391. The van der Waals surface area contributed by atoms with Gasteiger partial charge in [0.15, 0.2) is 0 Å². The maximum Gasteiger partial charge on any atom is 0.253 e. The summed E-state index contributed by atoms with van der Waals surface area (Å²) in [5.74, 6) is -0.276. The molecule has 2 rings (SSSR count). The second-order valence-electron chi connectivity index (χ2n) is 5.92. The Balaban J connectivity index is 2.43. The number of hydrogen-bond acceptors (Lipinski definition) is 4. The number of amides is 1. The van der Waals surface area contributed by atoms with Gasteiger partial charge >= 0.3 is 0 Å². The van der Waals surface area contributed by atoms with E-state index in [4.69, 9.17) is 16.3 Å². The molecule has 2 unspecified atom stereocenters. The molecule has 1 aliphatic heterocycles. The first kappa shape index (κ1) is 18.2. The van der Waals surface area contributed by atoms with E-state index in [9.17, 15) is 13.2 Å². The standard InChI is InChI=1S/C15H21ClN2O4S/c1-10-8-18(9-11(2)22-10)23(20,21)14-7-12(5-6-13(14)16)15(19)17(3)4/h5-7,10-11H,8-9H2,1-4H3. The van der Waals surface area contributed by atoms with Gasteiger partial charge in [-0.2, -0.15) is 4.31 Å². The van der Waals surface area contributed by atoms with Crippen molar-refractivity contribution >= 4 is 27.5 Å². The average Bonchev–Trinajstić information content (AvgIpc) is 2.45. The Morgan fingerprint density at radius 1 is 1.26 bits per heavy atom. The average molecular weight is 361 g/mol. The SMILES string of the molecule is CC1CN(S(=O)(=O)c2cc(C(=O)N(C)C)ccc2Cl)CC(C)O1. The zero-order chi connectivity index (χ0) is 17.4. The quantitative estimate of drug-likeness (QED) is 0.824. The third kappa shape index (κ3) is 3.85. The Morgan fingerprint density at radius 2 is 1.83 bits per heavy atom. The number of halogens is 1. The molecule has 2 atom stereocenters. The molecule has 23 heavy (non-hydrogen) atoms. The molecule has 1 fully saturated rings. The second kappa shape index (κ2) is 6.76. The summed E-state index contributed by atoms with van der Waals surface area (Å²) in [6.45, 7) is 4.17. The minimum atomic E-state index is -3.79. The number of sulfonamides is 1. The Morgan fingerprint density at radius 3 is 2.35 bits per heavy atom. The zero-order valence-electron chi connectivity index (χ0n) is 13.6. The van der Waals surface area contributed by atoms with E-state index in [0.717, 1.165) is 0 Å². The molecule has 0 N–H and O–H groups in total. The number of morpholine rings is 1. The van der Waals surface area contributed by atoms with E-state index in [0.29, 0.717) is 0 Å². The number of benzene rings is 1. The summed E-state index contributed by atoms with van der Waals surface area (Å²) >= 11 is 6.10. The lowest BCUT2D eigenvalue weighted by Crippen LogP contribution is -2.48. The van der Waals surface area contributed by atoms with Gasteiger partial charge in [-0.3, -0.25) is 4.79 Å². The molecule has 0 radical (unpaired) electrons. The highest BCUT2D eigenvalue weighted by molar-refractivity contribution is 7.89. The fraction of sp³-hybridized carbons (Fsp3) is 0.533. The number of rotatable bonds is 3. The number of ether oxygens (including phenoxy) is 1. The van der Waals surface area contributed by atoms with E-state index in [-0.39, 0.29) is 46.7 Å². The van der Waals surface area contributed by atoms with Crippen LogP contribution in [0.25, 0.3) is 0 Å². The van der Waals surface area contributed by atoms with E-state index < -0.39 is 10.0 Å². The first-order valence-electron chi connectivity index (χ1n) is 7.29. The second-order valence-corrected chi connectivity index (χ2v) is 8.24. The molecule has 0 saturated carbocycles. The minimum absolute atomic E-state index is 0.0480. The summed E-state index contributed by atoms with van der Waals surface area (Å²) in [5, 5.41) is 0.104. The van der Waals surface area contributed by atoms with Crippen LogP contribution < -0.4 is 0 Å². The van der Waals surface area contributed by atoms with Crippen molar-refractivity contribution in [3.63, 3.8) is 0 Å². The van der Waals surface area contributed by atoms with Gasteiger partial charge in [-0.15, -0.1) is 0 Å². The first-order valence-corrected chi connectivity index (χ1v) is 9.11. The molecule has 8 heteroatoms. The summed E-state index contributed by atoms with van der Waals surface area (Å²) < 4.78 is 32.7. The van der Waals surface area contributed by atoms with Gasteiger partial charge in [0.2, 0.25) is 10.0 Å². The molecule has 0 bridgehead atoms. The van der Waals surface area contributed by atoms with Gasteiger partial charge in [-0.05, 0) is 32.0 Å². The van der Waals surface area contributed by atoms with Crippen LogP contribution in [-0.4, -0.2) is 62.9 Å². The van der Waals surface area contributed by atoms with E-state index in [2.05, 4.69) is 0 Å². The molecular formula is C15H21ClN2O4S. The predicted molar refractivity (Wildman–Crippen MR) is 88.2 cm³/mol. The van der Waals surface area contributed by atoms with Gasteiger partial charge in [-0.1, -0.05) is 11.6 Å². The lowest BCUT2D eigenvalue weighted by molar-refractivity contribution is -0.0440. The number of carbonyl (C=O) groups is 1. The van der Waals surface area contributed by atoms with Crippen molar-refractivity contribution in [3.8, 4) is 0 Å². The highest BCUT2D eigenvalue weighted by Crippen LogP contribution is 2.28. The summed E-state index contributed by atoms with van der Waals surface area (Å²) in [6, 6.07) is 4.30. The molecule has 1 saturated heterocycles. The van der Waals surface area contributed by atoms with Crippen molar-refractivity contribution in [1.82, 2.24) is 9.21 Å². The van der Waals surface area contributed by atoms with Gasteiger partial charge in [0.25, 0.3) is 5.91 Å². The van der Waals surface area contributed by atoms with Crippen molar-refractivity contribution in [2.75, 3.05) is 27.2 Å². The molecule has 0 aromatic heterocycles. The maximum absolute atomic E-state index is 12.9. The zero-order valence-corrected chi connectivity index (χ0v) is 15.2. The summed E-state index contributed by atoms with van der Waals surface area (Å²) in [5.41, 5.74) is 0.285. The Labute approximate surface area is 142 Å². The molecule has 6 nitrogen and oxygen atoms in total. The molecular weight excluding hydrogens is 340 g/mol. The first-order chi connectivity index (χ1) is 10.6. The van der Waals surface area contributed by atoms with Crippen LogP contribution in [0.2, 0.25) is 5.02 Å². The van der Waals surface area contributed by atoms with Gasteiger partial charge in [0.05, 0.1) is 17.2 Å². The Kier molecular flexibility index (Phi) is 5.35. The van der Waals surface area contributed by atoms with Gasteiger partial charge in [0.1, 0.15) is 4.90 Å². The predicted octanol–water partition coefficient (Wildman–Crippen LogP) is 1.84. The van der Waals surface area contributed by atoms with Crippen LogP contribution in [-0.2, 0) is 14.8 Å². The van der Waals surface area contributed by atoms with E-state index >= 15 is 0 Å². The van der Waals surface area contributed by atoms with Crippen LogP contribution in [0.5, 0.6) is 0 Å². The Bertz CT molecular complexity index is 695. The fourth-order valence-corrected chi connectivity index (χ4v) is 4.65. The van der Waals surface area contributed by atoms with E-state index in [1.807, 2.05) is 13.8 Å². The molecule has 1 aliphatic rings. The maximum atomic E-state index is 12.9. The minimum Gasteiger partial charge on any atom is -0.373 e. The highest BCUT2D eigenvalue weighted by Gasteiger charge is 2.33. The monoisotopic (exact) mass is 360 g/mol. The molecule has 1 amide bonds. The highest BCUT2D eigenvalue weighted by atomic mass is 35.5. The van der Waals surface area contributed by atoms with Crippen LogP contribution in [0.1, 0.15) is 24.2 Å².